The molecule has 0 aromatic heterocycles. The standard InChI is InChI=1S/C26H32O10/c1-13(2)23(29)33-9-17(27)11-35-25(31)16-7-19-15-5-21(20(19)8-16)22(6-15)26(32)36-12-18(28)10-34-24(30)14(3)4/h6-7,15,17-21,27-28H,1,3,5,8-12H2,2,4H3. The number of ether oxygens (including phenoxy) is 4. The second kappa shape index (κ2) is 11.7. The average Bonchev–Trinajstić information content (AvgIpc) is 3.54. The third-order valence-electron chi connectivity index (χ3n) is 6.50. The lowest BCUT2D eigenvalue weighted by Crippen LogP contribution is -2.28. The van der Waals surface area contributed by atoms with Crippen LogP contribution in [0, 0.1) is 23.7 Å². The minimum atomic E-state index is -1.15. The minimum absolute atomic E-state index is 0.0630. The lowest BCUT2D eigenvalue weighted by molar-refractivity contribution is -0.149. The van der Waals surface area contributed by atoms with Crippen molar-refractivity contribution in [2.45, 2.75) is 38.9 Å². The average molecular weight is 505 g/mol. The summed E-state index contributed by atoms with van der Waals surface area (Å²) >= 11 is 0. The van der Waals surface area contributed by atoms with Crippen LogP contribution in [0.25, 0.3) is 0 Å². The Hall–Kier alpha value is -3.24. The predicted molar refractivity (Wildman–Crippen MR) is 125 cm³/mol. The Bertz CT molecular complexity index is 1010. The summed E-state index contributed by atoms with van der Waals surface area (Å²) in [6, 6.07) is 0. The highest BCUT2D eigenvalue weighted by Crippen LogP contribution is 2.57. The first-order valence-corrected chi connectivity index (χ1v) is 11.8. The molecule has 10 heteroatoms. The zero-order valence-corrected chi connectivity index (χ0v) is 20.4. The number of fused-ring (bicyclic) bond motifs is 5. The molecule has 0 aromatic rings. The summed E-state index contributed by atoms with van der Waals surface area (Å²) < 4.78 is 20.1. The minimum Gasteiger partial charge on any atom is -0.459 e. The van der Waals surface area contributed by atoms with E-state index >= 15 is 0 Å². The van der Waals surface area contributed by atoms with E-state index in [-0.39, 0.29) is 61.2 Å². The first-order valence-electron chi connectivity index (χ1n) is 11.8. The lowest BCUT2D eigenvalue weighted by Gasteiger charge is -2.24. The van der Waals surface area contributed by atoms with Crippen molar-refractivity contribution in [3.63, 3.8) is 0 Å². The van der Waals surface area contributed by atoms with Gasteiger partial charge in [-0.05, 0) is 50.4 Å². The van der Waals surface area contributed by atoms with Gasteiger partial charge in [0.1, 0.15) is 38.6 Å². The van der Waals surface area contributed by atoms with Gasteiger partial charge in [-0.2, -0.15) is 0 Å². The third-order valence-corrected chi connectivity index (χ3v) is 6.50. The molecule has 3 rings (SSSR count). The van der Waals surface area contributed by atoms with Crippen molar-refractivity contribution in [3.05, 3.63) is 47.6 Å². The van der Waals surface area contributed by atoms with Gasteiger partial charge in [0.15, 0.2) is 0 Å². The Morgan fingerprint density at radius 2 is 1.36 bits per heavy atom. The number of hydrogen-bond acceptors (Lipinski definition) is 10. The van der Waals surface area contributed by atoms with E-state index in [0.717, 1.165) is 6.42 Å². The van der Waals surface area contributed by atoms with Crippen LogP contribution < -0.4 is 0 Å². The topological polar surface area (TPSA) is 146 Å². The molecular weight excluding hydrogens is 472 g/mol. The highest BCUT2D eigenvalue weighted by molar-refractivity contribution is 5.92. The van der Waals surface area contributed by atoms with Crippen molar-refractivity contribution in [1.82, 2.24) is 0 Å². The maximum absolute atomic E-state index is 12.6. The van der Waals surface area contributed by atoms with E-state index in [4.69, 9.17) is 18.9 Å². The first-order chi connectivity index (χ1) is 17.0. The summed E-state index contributed by atoms with van der Waals surface area (Å²) in [5.74, 6) is -2.15. The predicted octanol–water partition coefficient (Wildman–Crippen LogP) is 1.17. The maximum atomic E-state index is 12.6. The quantitative estimate of drug-likeness (QED) is 0.226. The molecular formula is C26H32O10. The van der Waals surface area contributed by atoms with Crippen LogP contribution >= 0.6 is 0 Å². The van der Waals surface area contributed by atoms with E-state index in [1.807, 2.05) is 12.2 Å². The monoisotopic (exact) mass is 504 g/mol. The Labute approximate surface area is 209 Å². The number of aliphatic hydroxyl groups is 2. The van der Waals surface area contributed by atoms with Crippen LogP contribution in [0.5, 0.6) is 0 Å². The first kappa shape index (κ1) is 27.3. The van der Waals surface area contributed by atoms with Crippen LogP contribution in [0.4, 0.5) is 0 Å². The molecule has 0 radical (unpaired) electrons. The van der Waals surface area contributed by atoms with Gasteiger partial charge in [-0.3, -0.25) is 0 Å². The van der Waals surface area contributed by atoms with Crippen LogP contribution in [0.2, 0.25) is 0 Å². The van der Waals surface area contributed by atoms with E-state index in [9.17, 15) is 29.4 Å². The molecule has 10 nitrogen and oxygen atoms in total. The Morgan fingerprint density at radius 3 is 1.89 bits per heavy atom. The normalized spacial score (nSPS) is 25.1. The Balaban J connectivity index is 1.43. The van der Waals surface area contributed by atoms with Crippen molar-refractivity contribution < 1.29 is 48.3 Å². The summed E-state index contributed by atoms with van der Waals surface area (Å²) in [6.45, 7) is 8.61. The van der Waals surface area contributed by atoms with E-state index < -0.39 is 36.1 Å². The van der Waals surface area contributed by atoms with Gasteiger partial charge in [0.25, 0.3) is 0 Å². The number of allylic oxidation sites excluding steroid dienone is 2. The van der Waals surface area contributed by atoms with Gasteiger partial charge in [0, 0.05) is 22.3 Å². The molecule has 3 aliphatic carbocycles. The van der Waals surface area contributed by atoms with Crippen molar-refractivity contribution in [2.75, 3.05) is 26.4 Å². The van der Waals surface area contributed by atoms with Crippen LogP contribution in [-0.4, -0.2) is 72.7 Å². The fourth-order valence-corrected chi connectivity index (χ4v) is 4.76. The summed E-state index contributed by atoms with van der Waals surface area (Å²) in [4.78, 5) is 47.9. The van der Waals surface area contributed by atoms with Gasteiger partial charge in [0.2, 0.25) is 0 Å². The molecule has 0 heterocycles. The van der Waals surface area contributed by atoms with Gasteiger partial charge in [-0.25, -0.2) is 19.2 Å². The summed E-state index contributed by atoms with van der Waals surface area (Å²) in [7, 11) is 0. The van der Waals surface area contributed by atoms with Crippen LogP contribution in [-0.2, 0) is 38.1 Å². The second-order valence-corrected chi connectivity index (χ2v) is 9.53. The zero-order valence-electron chi connectivity index (χ0n) is 20.4. The molecule has 196 valence electrons. The molecule has 6 unspecified atom stereocenters. The molecule has 0 aliphatic heterocycles. The van der Waals surface area contributed by atoms with Crippen molar-refractivity contribution in [1.29, 1.82) is 0 Å². The number of carbonyl (C=O) groups is 4. The smallest absolute Gasteiger partial charge is 0.334 e. The lowest BCUT2D eigenvalue weighted by atomic mass is 9.81. The van der Waals surface area contributed by atoms with Crippen molar-refractivity contribution in [3.8, 4) is 0 Å². The molecule has 3 aliphatic rings. The van der Waals surface area contributed by atoms with Crippen LogP contribution in [0.3, 0.4) is 0 Å². The van der Waals surface area contributed by atoms with E-state index in [0.29, 0.717) is 17.6 Å². The number of hydrogen-bond donors (Lipinski definition) is 2. The Kier molecular flexibility index (Phi) is 8.86. The summed E-state index contributed by atoms with van der Waals surface area (Å²) in [6.07, 6.45) is 2.66. The van der Waals surface area contributed by atoms with Gasteiger partial charge < -0.3 is 29.2 Å². The molecule has 0 aromatic carbocycles. The molecule has 1 saturated carbocycles. The molecule has 36 heavy (non-hydrogen) atoms. The summed E-state index contributed by atoms with van der Waals surface area (Å²) in [5.41, 5.74) is 1.43. The maximum Gasteiger partial charge on any atom is 0.334 e. The number of aliphatic hydroxyl groups excluding tert-OH is 2. The molecule has 1 fully saturated rings. The van der Waals surface area contributed by atoms with Gasteiger partial charge in [-0.1, -0.05) is 25.3 Å². The zero-order chi connectivity index (χ0) is 26.6. The molecule has 2 bridgehead atoms. The third kappa shape index (κ3) is 6.50. The molecule has 0 saturated heterocycles. The number of carbonyl (C=O) groups excluding carboxylic acids is 4. The Morgan fingerprint density at radius 1 is 0.861 bits per heavy atom. The van der Waals surface area contributed by atoms with Gasteiger partial charge >= 0.3 is 23.9 Å². The summed E-state index contributed by atoms with van der Waals surface area (Å²) in [5, 5.41) is 19.8. The van der Waals surface area contributed by atoms with Gasteiger partial charge in [0.05, 0.1) is 0 Å². The SMILES string of the molecule is C=C(C)C(=O)OCC(O)COC(=O)C1=CC2C3C=C(C(=O)OCC(O)COC(=O)C(=C)C)C(C3)C2C1. The highest BCUT2D eigenvalue weighted by Gasteiger charge is 2.52. The van der Waals surface area contributed by atoms with Crippen LogP contribution in [0.15, 0.2) is 47.6 Å². The molecule has 2 N–H and O–H groups in total. The highest BCUT2D eigenvalue weighted by atomic mass is 16.6. The van der Waals surface area contributed by atoms with Crippen LogP contribution in [0.1, 0.15) is 26.7 Å². The molecule has 6 atom stereocenters. The van der Waals surface area contributed by atoms with Crippen molar-refractivity contribution in [2.24, 2.45) is 23.7 Å². The molecule has 0 amide bonds. The van der Waals surface area contributed by atoms with Gasteiger partial charge in [-0.15, -0.1) is 0 Å². The largest absolute Gasteiger partial charge is 0.459 e. The van der Waals surface area contributed by atoms with E-state index in [1.165, 1.54) is 13.8 Å². The van der Waals surface area contributed by atoms with E-state index in [2.05, 4.69) is 13.2 Å². The van der Waals surface area contributed by atoms with Crippen molar-refractivity contribution >= 4 is 23.9 Å². The second-order valence-electron chi connectivity index (χ2n) is 9.53. The fourth-order valence-electron chi connectivity index (χ4n) is 4.76. The number of rotatable bonds is 12. The van der Waals surface area contributed by atoms with E-state index in [1.54, 1.807) is 0 Å². The fraction of sp³-hybridized carbons (Fsp3) is 0.538. The molecule has 0 spiro atoms. The number of esters is 4.